The minimum absolute atomic E-state index is 0.313. The molecule has 0 radical (unpaired) electrons. The van der Waals surface area contributed by atoms with Gasteiger partial charge < -0.3 is 9.80 Å². The van der Waals surface area contributed by atoms with Gasteiger partial charge in [0.2, 0.25) is 0 Å². The van der Waals surface area contributed by atoms with E-state index in [1.807, 2.05) is 23.1 Å². The van der Waals surface area contributed by atoms with Crippen molar-refractivity contribution in [3.63, 3.8) is 0 Å². The Labute approximate surface area is 194 Å². The molecule has 3 aromatic rings. The number of carbonyl (C=O) groups is 2. The lowest BCUT2D eigenvalue weighted by Crippen LogP contribution is -2.49. The zero-order valence-corrected chi connectivity index (χ0v) is 18.3. The Kier molecular flexibility index (Phi) is 6.44. The van der Waals surface area contributed by atoms with Crippen molar-refractivity contribution in [3.05, 3.63) is 87.4 Å². The van der Waals surface area contributed by atoms with Crippen LogP contribution < -0.4 is 4.90 Å². The quantitative estimate of drug-likeness (QED) is 0.454. The van der Waals surface area contributed by atoms with Gasteiger partial charge in [-0.3, -0.25) is 9.59 Å². The van der Waals surface area contributed by atoms with E-state index in [2.05, 4.69) is 0 Å². The van der Waals surface area contributed by atoms with Gasteiger partial charge in [-0.2, -0.15) is 0 Å². The van der Waals surface area contributed by atoms with Crippen LogP contribution in [-0.2, 0) is 0 Å². The molecule has 1 heterocycles. The molecular weight excluding hydrogens is 457 g/mol. The average molecular weight is 475 g/mol. The van der Waals surface area contributed by atoms with Crippen LogP contribution in [0.5, 0.6) is 0 Å². The van der Waals surface area contributed by atoms with E-state index in [9.17, 15) is 18.4 Å². The van der Waals surface area contributed by atoms with E-state index in [0.29, 0.717) is 48.1 Å². The van der Waals surface area contributed by atoms with Crippen LogP contribution in [0, 0.1) is 11.6 Å². The summed E-state index contributed by atoms with van der Waals surface area (Å²) >= 11 is 12.7. The second-order valence-electron chi connectivity index (χ2n) is 7.40. The highest BCUT2D eigenvalue weighted by atomic mass is 35.5. The average Bonchev–Trinajstić information content (AvgIpc) is 2.79. The molecule has 0 aromatic heterocycles. The van der Waals surface area contributed by atoms with Gasteiger partial charge in [-0.25, -0.2) is 8.78 Å². The minimum Gasteiger partial charge on any atom is -0.367 e. The first-order valence-corrected chi connectivity index (χ1v) is 10.7. The summed E-state index contributed by atoms with van der Waals surface area (Å²) in [4.78, 5) is 27.0. The fourth-order valence-electron chi connectivity index (χ4n) is 3.76. The van der Waals surface area contributed by atoms with Crippen molar-refractivity contribution < 1.29 is 18.4 Å². The van der Waals surface area contributed by atoms with E-state index in [1.54, 1.807) is 18.2 Å². The lowest BCUT2D eigenvalue weighted by atomic mass is 10.0. The summed E-state index contributed by atoms with van der Waals surface area (Å²) in [6.45, 7) is 1.57. The molecule has 1 aliphatic heterocycles. The summed E-state index contributed by atoms with van der Waals surface area (Å²) in [5, 5.41) is 0.891. The smallest absolute Gasteiger partial charge is 0.259 e. The summed E-state index contributed by atoms with van der Waals surface area (Å²) in [5.74, 6) is -2.38. The zero-order chi connectivity index (χ0) is 22.8. The van der Waals surface area contributed by atoms with Crippen LogP contribution in [0.1, 0.15) is 20.7 Å². The van der Waals surface area contributed by atoms with Crippen LogP contribution in [0.3, 0.4) is 0 Å². The Morgan fingerprint density at radius 2 is 1.44 bits per heavy atom. The van der Waals surface area contributed by atoms with Gasteiger partial charge >= 0.3 is 0 Å². The molecule has 164 valence electrons. The summed E-state index contributed by atoms with van der Waals surface area (Å²) in [6.07, 6.45) is 0.702. The van der Waals surface area contributed by atoms with Crippen LogP contribution in [0.25, 0.3) is 11.1 Å². The van der Waals surface area contributed by atoms with Crippen LogP contribution in [-0.4, -0.2) is 43.3 Å². The van der Waals surface area contributed by atoms with E-state index >= 15 is 0 Å². The molecule has 4 nitrogen and oxygen atoms in total. The maximum atomic E-state index is 14.0. The summed E-state index contributed by atoms with van der Waals surface area (Å²) in [5.41, 5.74) is 2.37. The number of hydrogen-bond donors (Lipinski definition) is 0. The van der Waals surface area contributed by atoms with Crippen molar-refractivity contribution >= 4 is 41.1 Å². The van der Waals surface area contributed by atoms with E-state index in [1.165, 1.54) is 11.0 Å². The third-order valence-electron chi connectivity index (χ3n) is 5.49. The van der Waals surface area contributed by atoms with Gasteiger partial charge in [0.15, 0.2) is 6.29 Å². The van der Waals surface area contributed by atoms with E-state index in [0.717, 1.165) is 28.9 Å². The maximum Gasteiger partial charge on any atom is 0.259 e. The predicted molar refractivity (Wildman–Crippen MR) is 122 cm³/mol. The number of anilines is 1. The molecule has 0 bridgehead atoms. The lowest BCUT2D eigenvalue weighted by Gasteiger charge is -2.36. The number of halogens is 4. The molecule has 3 aromatic carbocycles. The second-order valence-corrected chi connectivity index (χ2v) is 8.21. The van der Waals surface area contributed by atoms with Gasteiger partial charge in [0.05, 0.1) is 15.7 Å². The SMILES string of the molecule is O=Cc1ccc(-c2ccc(N3CCN(C(=O)c4c(F)cccc4F)CC3)c(Cl)c2)cc1Cl. The van der Waals surface area contributed by atoms with Crippen molar-refractivity contribution in [2.24, 2.45) is 0 Å². The minimum atomic E-state index is -0.864. The third-order valence-corrected chi connectivity index (χ3v) is 6.12. The largest absolute Gasteiger partial charge is 0.367 e. The van der Waals surface area contributed by atoms with Crippen LogP contribution >= 0.6 is 23.2 Å². The van der Waals surface area contributed by atoms with Gasteiger partial charge in [-0.05, 0) is 47.5 Å². The van der Waals surface area contributed by atoms with Crippen molar-refractivity contribution in [2.45, 2.75) is 0 Å². The summed E-state index contributed by atoms with van der Waals surface area (Å²) in [7, 11) is 0. The molecule has 1 saturated heterocycles. The van der Waals surface area contributed by atoms with Gasteiger partial charge in [-0.15, -0.1) is 0 Å². The Balaban J connectivity index is 1.47. The zero-order valence-electron chi connectivity index (χ0n) is 16.8. The molecule has 4 rings (SSSR count). The van der Waals surface area contributed by atoms with Gasteiger partial charge in [0.1, 0.15) is 17.2 Å². The molecule has 0 N–H and O–H groups in total. The molecule has 1 aliphatic rings. The molecule has 0 spiro atoms. The standard InChI is InChI=1S/C24H18Cl2F2N2O2/c25-18-12-15(4-5-17(18)14-31)16-6-7-22(19(26)13-16)29-8-10-30(11-9-29)24(32)23-20(27)2-1-3-21(23)28/h1-7,12-14H,8-11H2. The normalized spacial score (nSPS) is 13.9. The number of hydrogen-bond acceptors (Lipinski definition) is 3. The highest BCUT2D eigenvalue weighted by Crippen LogP contribution is 2.33. The summed E-state index contributed by atoms with van der Waals surface area (Å²) < 4.78 is 27.9. The number of benzene rings is 3. The van der Waals surface area contributed by atoms with Gasteiger partial charge in [0, 0.05) is 31.7 Å². The number of aldehydes is 1. The van der Waals surface area contributed by atoms with Crippen molar-refractivity contribution in [1.29, 1.82) is 0 Å². The Morgan fingerprint density at radius 3 is 2.00 bits per heavy atom. The fraction of sp³-hybridized carbons (Fsp3) is 0.167. The number of nitrogens with zero attached hydrogens (tertiary/aromatic N) is 2. The second kappa shape index (κ2) is 9.27. The molecule has 0 unspecified atom stereocenters. The number of carbonyl (C=O) groups excluding carboxylic acids is 2. The molecule has 1 amide bonds. The van der Waals surface area contributed by atoms with E-state index in [4.69, 9.17) is 23.2 Å². The molecule has 8 heteroatoms. The van der Waals surface area contributed by atoms with Crippen LogP contribution in [0.15, 0.2) is 54.6 Å². The topological polar surface area (TPSA) is 40.6 Å². The van der Waals surface area contributed by atoms with Gasteiger partial charge in [0.25, 0.3) is 5.91 Å². The maximum absolute atomic E-state index is 14.0. The number of piperazine rings is 1. The molecule has 0 atom stereocenters. The molecule has 0 aliphatic carbocycles. The lowest BCUT2D eigenvalue weighted by molar-refractivity contribution is 0.0737. The summed E-state index contributed by atoms with van der Waals surface area (Å²) in [6, 6.07) is 14.1. The Morgan fingerprint density at radius 1 is 0.844 bits per heavy atom. The highest BCUT2D eigenvalue weighted by molar-refractivity contribution is 6.34. The molecule has 0 saturated carbocycles. The highest BCUT2D eigenvalue weighted by Gasteiger charge is 2.27. The number of amides is 1. The van der Waals surface area contributed by atoms with Crippen molar-refractivity contribution in [3.8, 4) is 11.1 Å². The fourth-order valence-corrected chi connectivity index (χ4v) is 4.28. The Hall–Kier alpha value is -2.96. The van der Waals surface area contributed by atoms with Crippen molar-refractivity contribution in [2.75, 3.05) is 31.1 Å². The van der Waals surface area contributed by atoms with Gasteiger partial charge in [-0.1, -0.05) is 41.4 Å². The van der Waals surface area contributed by atoms with E-state index in [-0.39, 0.29) is 0 Å². The monoisotopic (exact) mass is 474 g/mol. The molecule has 1 fully saturated rings. The first-order valence-electron chi connectivity index (χ1n) is 9.92. The molecular formula is C24H18Cl2F2N2O2. The third kappa shape index (κ3) is 4.33. The van der Waals surface area contributed by atoms with E-state index < -0.39 is 23.1 Å². The van der Waals surface area contributed by atoms with Crippen LogP contribution in [0.4, 0.5) is 14.5 Å². The first kappa shape index (κ1) is 22.2. The Bertz CT molecular complexity index is 1170. The molecule has 32 heavy (non-hydrogen) atoms. The van der Waals surface area contributed by atoms with Crippen molar-refractivity contribution in [1.82, 2.24) is 4.90 Å². The van der Waals surface area contributed by atoms with Crippen LogP contribution in [0.2, 0.25) is 10.0 Å². The first-order chi connectivity index (χ1) is 15.4. The number of rotatable bonds is 4. The predicted octanol–water partition coefficient (Wildman–Crippen LogP) is 5.71.